The predicted molar refractivity (Wildman–Crippen MR) is 118 cm³/mol. The van der Waals surface area contributed by atoms with Gasteiger partial charge in [-0.05, 0) is 35.4 Å². The number of hydrogen-bond donors (Lipinski definition) is 0. The summed E-state index contributed by atoms with van der Waals surface area (Å²) in [5.41, 5.74) is 0.563. The van der Waals surface area contributed by atoms with Gasteiger partial charge in [0.2, 0.25) is 5.78 Å². The van der Waals surface area contributed by atoms with Crippen molar-refractivity contribution in [3.63, 3.8) is 0 Å². The highest BCUT2D eigenvalue weighted by Crippen LogP contribution is 2.41. The molecule has 3 aromatic carbocycles. The number of carbonyl (C=O) groups excluding carboxylic acids is 1. The van der Waals surface area contributed by atoms with E-state index in [1.54, 1.807) is 24.3 Å². The minimum Gasteiger partial charge on any atom is -0.491 e. The number of sulfonamides is 1. The molecule has 5 nitrogen and oxygen atoms in total. The summed E-state index contributed by atoms with van der Waals surface area (Å²) in [5.74, 6) is -0.253. The largest absolute Gasteiger partial charge is 0.491 e. The maximum absolute atomic E-state index is 13.5. The molecular formula is C23H20ClNO4S. The van der Waals surface area contributed by atoms with Gasteiger partial charge in [0, 0.05) is 12.6 Å². The number of halogens is 1. The molecule has 0 saturated heterocycles. The van der Waals surface area contributed by atoms with Gasteiger partial charge in [-0.1, -0.05) is 61.0 Å². The summed E-state index contributed by atoms with van der Waals surface area (Å²) in [6.07, 6.45) is 0.692. The third-order valence-electron chi connectivity index (χ3n) is 5.05. The Labute approximate surface area is 180 Å². The molecule has 0 aliphatic carbocycles. The van der Waals surface area contributed by atoms with Crippen molar-refractivity contribution in [3.05, 3.63) is 82.5 Å². The minimum absolute atomic E-state index is 0.0265. The molecule has 1 aliphatic rings. The van der Waals surface area contributed by atoms with Crippen molar-refractivity contribution in [2.24, 2.45) is 0 Å². The molecule has 30 heavy (non-hydrogen) atoms. The first-order valence-corrected chi connectivity index (χ1v) is 11.4. The van der Waals surface area contributed by atoms with E-state index in [0.29, 0.717) is 18.6 Å². The molecule has 0 radical (unpaired) electrons. The number of ketones is 1. The Hall–Kier alpha value is -2.83. The molecule has 7 heteroatoms. The van der Waals surface area contributed by atoms with Crippen LogP contribution in [0, 0.1) is 0 Å². The van der Waals surface area contributed by atoms with Crippen molar-refractivity contribution < 1.29 is 17.9 Å². The maximum atomic E-state index is 13.5. The summed E-state index contributed by atoms with van der Waals surface area (Å²) in [6, 6.07) is 17.6. The molecule has 0 aromatic heterocycles. The molecule has 3 aromatic rings. The van der Waals surface area contributed by atoms with E-state index in [9.17, 15) is 13.2 Å². The molecule has 0 fully saturated rings. The number of nitrogens with zero attached hydrogens (tertiary/aromatic N) is 1. The molecule has 0 unspecified atom stereocenters. The van der Waals surface area contributed by atoms with E-state index >= 15 is 0 Å². The lowest BCUT2D eigenvalue weighted by Gasteiger charge is -2.31. The van der Waals surface area contributed by atoms with Crippen molar-refractivity contribution >= 4 is 43.9 Å². The normalized spacial score (nSPS) is 15.2. The SMILES string of the molecule is CCCOC1=C(C(=O)c2ccc3ccccc3c2)N(C)S(=O)(=O)c2cccc(Cl)c21. The van der Waals surface area contributed by atoms with Crippen LogP contribution in [0.3, 0.4) is 0 Å². The Kier molecular flexibility index (Phi) is 5.30. The zero-order valence-electron chi connectivity index (χ0n) is 16.6. The van der Waals surface area contributed by atoms with Gasteiger partial charge < -0.3 is 4.74 Å². The number of Topliss-reactive ketones (excluding diaryl/α,β-unsaturated/α-hetero) is 1. The van der Waals surface area contributed by atoms with Crippen molar-refractivity contribution in [2.45, 2.75) is 18.2 Å². The van der Waals surface area contributed by atoms with Gasteiger partial charge >= 0.3 is 0 Å². The first kappa shape index (κ1) is 20.4. The number of benzene rings is 3. The molecule has 0 saturated carbocycles. The smallest absolute Gasteiger partial charge is 0.265 e. The predicted octanol–water partition coefficient (Wildman–Crippen LogP) is 5.11. The maximum Gasteiger partial charge on any atom is 0.265 e. The fourth-order valence-corrected chi connectivity index (χ4v) is 5.26. The monoisotopic (exact) mass is 441 g/mol. The Balaban J connectivity index is 1.97. The van der Waals surface area contributed by atoms with E-state index in [2.05, 4.69) is 0 Å². The van der Waals surface area contributed by atoms with Crippen LogP contribution >= 0.6 is 11.6 Å². The van der Waals surface area contributed by atoms with Crippen LogP contribution in [-0.2, 0) is 14.8 Å². The number of ether oxygens (including phenoxy) is 1. The van der Waals surface area contributed by atoms with Crippen LogP contribution in [0.15, 0.2) is 71.3 Å². The molecule has 4 rings (SSSR count). The first-order chi connectivity index (χ1) is 14.4. The Morgan fingerprint density at radius 1 is 1.03 bits per heavy atom. The fourth-order valence-electron chi connectivity index (χ4n) is 3.53. The van der Waals surface area contributed by atoms with Gasteiger partial charge in [0.05, 0.1) is 17.2 Å². The number of allylic oxidation sites excluding steroid dienone is 1. The summed E-state index contributed by atoms with van der Waals surface area (Å²) < 4.78 is 33.2. The average molecular weight is 442 g/mol. The van der Waals surface area contributed by atoms with Gasteiger partial charge in [-0.3, -0.25) is 9.10 Å². The number of rotatable bonds is 5. The summed E-state index contributed by atoms with van der Waals surface area (Å²) in [4.78, 5) is 13.6. The van der Waals surface area contributed by atoms with Gasteiger partial charge in [0.1, 0.15) is 10.6 Å². The van der Waals surface area contributed by atoms with Crippen LogP contribution in [0.25, 0.3) is 16.5 Å². The molecule has 0 N–H and O–H groups in total. The lowest BCUT2D eigenvalue weighted by molar-refractivity contribution is 0.101. The molecule has 0 spiro atoms. The van der Waals surface area contributed by atoms with E-state index in [-0.39, 0.29) is 26.9 Å². The molecule has 1 aliphatic heterocycles. The van der Waals surface area contributed by atoms with Crippen LogP contribution in [-0.4, -0.2) is 32.2 Å². The minimum atomic E-state index is -3.96. The Morgan fingerprint density at radius 3 is 2.50 bits per heavy atom. The van der Waals surface area contributed by atoms with Crippen molar-refractivity contribution in [1.82, 2.24) is 4.31 Å². The van der Waals surface area contributed by atoms with E-state index in [1.807, 2.05) is 37.3 Å². The van der Waals surface area contributed by atoms with E-state index in [0.717, 1.165) is 15.1 Å². The zero-order chi connectivity index (χ0) is 21.5. The van der Waals surface area contributed by atoms with Gasteiger partial charge in [0.25, 0.3) is 10.0 Å². The lowest BCUT2D eigenvalue weighted by atomic mass is 10.0. The number of likely N-dealkylation sites (N-methyl/N-ethyl adjacent to an activating group) is 1. The molecule has 0 atom stereocenters. The highest BCUT2D eigenvalue weighted by Gasteiger charge is 2.40. The van der Waals surface area contributed by atoms with Crippen molar-refractivity contribution in [2.75, 3.05) is 13.7 Å². The van der Waals surface area contributed by atoms with Crippen LogP contribution in [0.2, 0.25) is 5.02 Å². The van der Waals surface area contributed by atoms with E-state index in [1.165, 1.54) is 13.1 Å². The average Bonchev–Trinajstić information content (AvgIpc) is 2.75. The summed E-state index contributed by atoms with van der Waals surface area (Å²) >= 11 is 6.38. The summed E-state index contributed by atoms with van der Waals surface area (Å²) in [5, 5.41) is 2.10. The van der Waals surface area contributed by atoms with Crippen molar-refractivity contribution in [3.8, 4) is 0 Å². The molecule has 154 valence electrons. The molecular weight excluding hydrogens is 422 g/mol. The molecule has 0 bridgehead atoms. The second-order valence-electron chi connectivity index (χ2n) is 7.00. The van der Waals surface area contributed by atoms with Crippen LogP contribution in [0.5, 0.6) is 0 Å². The summed E-state index contributed by atoms with van der Waals surface area (Å²) in [7, 11) is -2.59. The number of fused-ring (bicyclic) bond motifs is 2. The first-order valence-electron chi connectivity index (χ1n) is 9.54. The van der Waals surface area contributed by atoms with Gasteiger partial charge in [-0.2, -0.15) is 0 Å². The van der Waals surface area contributed by atoms with E-state index < -0.39 is 15.8 Å². The third kappa shape index (κ3) is 3.26. The fraction of sp³-hybridized carbons (Fsp3) is 0.174. The van der Waals surface area contributed by atoms with Gasteiger partial charge in [-0.25, -0.2) is 8.42 Å². The van der Waals surface area contributed by atoms with E-state index in [4.69, 9.17) is 16.3 Å². The van der Waals surface area contributed by atoms with Crippen LogP contribution < -0.4 is 0 Å². The lowest BCUT2D eigenvalue weighted by Crippen LogP contribution is -2.35. The second-order valence-corrected chi connectivity index (χ2v) is 9.35. The van der Waals surface area contributed by atoms with Gasteiger partial charge in [-0.15, -0.1) is 0 Å². The Bertz CT molecular complexity index is 1300. The Morgan fingerprint density at radius 2 is 1.77 bits per heavy atom. The third-order valence-corrected chi connectivity index (χ3v) is 7.16. The highest BCUT2D eigenvalue weighted by atomic mass is 35.5. The number of hydrogen-bond acceptors (Lipinski definition) is 4. The van der Waals surface area contributed by atoms with Crippen LogP contribution in [0.4, 0.5) is 0 Å². The molecule has 1 heterocycles. The zero-order valence-corrected chi connectivity index (χ0v) is 18.1. The summed E-state index contributed by atoms with van der Waals surface area (Å²) in [6.45, 7) is 2.25. The van der Waals surface area contributed by atoms with Crippen LogP contribution in [0.1, 0.15) is 29.3 Å². The molecule has 0 amide bonds. The number of carbonyl (C=O) groups is 1. The quantitative estimate of drug-likeness (QED) is 0.516. The van der Waals surface area contributed by atoms with Crippen molar-refractivity contribution in [1.29, 1.82) is 0 Å². The topological polar surface area (TPSA) is 63.7 Å². The van der Waals surface area contributed by atoms with Gasteiger partial charge in [0.15, 0.2) is 5.76 Å². The standard InChI is InChI=1S/C23H20ClNO4S/c1-3-13-29-23-20-18(24)9-6-10-19(20)30(27,28)25(2)21(23)22(26)17-12-11-15-7-4-5-8-16(15)14-17/h4-12,14H,3,13H2,1-2H3. The second kappa shape index (κ2) is 7.78. The highest BCUT2D eigenvalue weighted by molar-refractivity contribution is 7.89.